The molecule has 0 spiro atoms. The van der Waals surface area contributed by atoms with Gasteiger partial charge in [0.2, 0.25) is 5.88 Å². The third-order valence-electron chi connectivity index (χ3n) is 3.70. The Hall–Kier alpha value is -2.98. The monoisotopic (exact) mass is 421 g/mol. The van der Waals surface area contributed by atoms with Gasteiger partial charge in [-0.05, 0) is 36.2 Å². The number of rotatable bonds is 6. The van der Waals surface area contributed by atoms with E-state index in [4.69, 9.17) is 0 Å². The molecule has 1 aromatic carbocycles. The maximum absolute atomic E-state index is 12.8. The molecule has 0 bridgehead atoms. The molecule has 0 aliphatic carbocycles. The Morgan fingerprint density at radius 3 is 2.52 bits per heavy atom. The van der Waals surface area contributed by atoms with Gasteiger partial charge >= 0.3 is 18.4 Å². The molecular formula is C18H17F6N3O2. The van der Waals surface area contributed by atoms with Crippen molar-refractivity contribution in [3.05, 3.63) is 59.3 Å². The van der Waals surface area contributed by atoms with Gasteiger partial charge in [0.05, 0.1) is 11.6 Å². The predicted molar refractivity (Wildman–Crippen MR) is 91.0 cm³/mol. The lowest BCUT2D eigenvalue weighted by Crippen LogP contribution is -2.36. The maximum atomic E-state index is 12.8. The number of halogens is 6. The summed E-state index contributed by atoms with van der Waals surface area (Å²) in [6, 6.07) is 5.90. The summed E-state index contributed by atoms with van der Waals surface area (Å²) in [6.45, 7) is -0.0253. The Kier molecular flexibility index (Phi) is 6.93. The zero-order valence-corrected chi connectivity index (χ0v) is 15.1. The van der Waals surface area contributed by atoms with Crippen molar-refractivity contribution in [1.29, 1.82) is 0 Å². The lowest BCUT2D eigenvalue weighted by atomic mass is 10.1. The van der Waals surface area contributed by atoms with Gasteiger partial charge in [0.25, 0.3) is 0 Å². The number of aromatic nitrogens is 1. The molecule has 1 unspecified atom stereocenters. The van der Waals surface area contributed by atoms with Crippen LogP contribution < -0.4 is 15.4 Å². The van der Waals surface area contributed by atoms with Gasteiger partial charge in [0.1, 0.15) is 0 Å². The molecule has 0 saturated carbocycles. The summed E-state index contributed by atoms with van der Waals surface area (Å²) in [5.74, 6) is -0.251. The van der Waals surface area contributed by atoms with E-state index < -0.39 is 36.6 Å². The fraction of sp³-hybridized carbons (Fsp3) is 0.333. The van der Waals surface area contributed by atoms with Crippen molar-refractivity contribution in [2.45, 2.75) is 31.9 Å². The fourth-order valence-electron chi connectivity index (χ4n) is 2.29. The van der Waals surface area contributed by atoms with Crippen molar-refractivity contribution in [3.63, 3.8) is 0 Å². The van der Waals surface area contributed by atoms with Gasteiger partial charge in [0.15, 0.2) is 6.61 Å². The van der Waals surface area contributed by atoms with Crippen molar-refractivity contribution in [1.82, 2.24) is 15.6 Å². The van der Waals surface area contributed by atoms with Crippen LogP contribution in [0.15, 0.2) is 42.6 Å². The lowest BCUT2D eigenvalue weighted by Gasteiger charge is -2.17. The number of pyridine rings is 1. The van der Waals surface area contributed by atoms with E-state index in [2.05, 4.69) is 20.4 Å². The number of carbonyl (C=O) groups is 1. The molecule has 2 N–H and O–H groups in total. The van der Waals surface area contributed by atoms with Crippen molar-refractivity contribution < 1.29 is 35.9 Å². The summed E-state index contributed by atoms with van der Waals surface area (Å²) >= 11 is 0. The third kappa shape index (κ3) is 7.51. The zero-order chi connectivity index (χ0) is 21.7. The van der Waals surface area contributed by atoms with Gasteiger partial charge in [0, 0.05) is 18.8 Å². The van der Waals surface area contributed by atoms with Gasteiger partial charge in [-0.1, -0.05) is 12.1 Å². The molecule has 5 nitrogen and oxygen atoms in total. The summed E-state index contributed by atoms with van der Waals surface area (Å²) in [7, 11) is 0. The summed E-state index contributed by atoms with van der Waals surface area (Å²) in [4.78, 5) is 15.6. The second kappa shape index (κ2) is 9.01. The average Bonchev–Trinajstić information content (AvgIpc) is 2.64. The molecule has 0 aliphatic heterocycles. The molecule has 2 aromatic rings. The summed E-state index contributed by atoms with van der Waals surface area (Å²) in [5, 5.41) is 4.96. The van der Waals surface area contributed by atoms with Crippen molar-refractivity contribution >= 4 is 6.03 Å². The quantitative estimate of drug-likeness (QED) is 0.670. The van der Waals surface area contributed by atoms with Crippen LogP contribution in [0.1, 0.15) is 29.7 Å². The van der Waals surface area contributed by atoms with E-state index in [1.54, 1.807) is 0 Å². The number of nitrogens with one attached hydrogen (secondary N) is 2. The number of nitrogens with zero attached hydrogens (tertiary/aromatic N) is 1. The van der Waals surface area contributed by atoms with E-state index in [1.807, 2.05) is 0 Å². The fourth-order valence-corrected chi connectivity index (χ4v) is 2.29. The van der Waals surface area contributed by atoms with E-state index in [0.29, 0.717) is 5.56 Å². The Labute approximate surface area is 162 Å². The van der Waals surface area contributed by atoms with Crippen LogP contribution in [0, 0.1) is 0 Å². The standard InChI is InChI=1S/C18H17F6N3O2/c1-11(13-3-2-4-14(8-13)18(22,23)24)27-16(28)26-9-12-5-6-25-15(7-12)29-10-17(19,20)21/h2-8,11H,9-10H2,1H3,(H2,26,27,28). The van der Waals surface area contributed by atoms with Crippen LogP contribution in [0.2, 0.25) is 0 Å². The number of ether oxygens (including phenoxy) is 1. The van der Waals surface area contributed by atoms with Crippen molar-refractivity contribution in [2.75, 3.05) is 6.61 Å². The van der Waals surface area contributed by atoms with Crippen LogP contribution in [0.3, 0.4) is 0 Å². The van der Waals surface area contributed by atoms with Gasteiger partial charge < -0.3 is 15.4 Å². The first-order valence-electron chi connectivity index (χ1n) is 8.30. The Morgan fingerprint density at radius 1 is 1.14 bits per heavy atom. The Balaban J connectivity index is 1.90. The first-order valence-corrected chi connectivity index (χ1v) is 8.30. The minimum absolute atomic E-state index is 0.0496. The highest BCUT2D eigenvalue weighted by atomic mass is 19.4. The molecule has 0 fully saturated rings. The molecule has 0 aliphatic rings. The summed E-state index contributed by atoms with van der Waals surface area (Å²) in [5.41, 5.74) is -0.131. The number of hydrogen-bond acceptors (Lipinski definition) is 3. The first kappa shape index (κ1) is 22.3. The largest absolute Gasteiger partial charge is 0.468 e. The molecule has 1 aromatic heterocycles. The number of urea groups is 1. The number of carbonyl (C=O) groups excluding carboxylic acids is 1. The van der Waals surface area contributed by atoms with Crippen LogP contribution in [0.4, 0.5) is 31.1 Å². The summed E-state index contributed by atoms with van der Waals surface area (Å²) < 4.78 is 79.4. The van der Waals surface area contributed by atoms with Crippen LogP contribution in [0.25, 0.3) is 0 Å². The molecule has 1 atom stereocenters. The summed E-state index contributed by atoms with van der Waals surface area (Å²) in [6.07, 6.45) is -7.77. The van der Waals surface area contributed by atoms with Gasteiger partial charge in [-0.2, -0.15) is 26.3 Å². The van der Waals surface area contributed by atoms with Crippen LogP contribution >= 0.6 is 0 Å². The highest BCUT2D eigenvalue weighted by Crippen LogP contribution is 2.30. The van der Waals surface area contributed by atoms with Gasteiger partial charge in [-0.25, -0.2) is 9.78 Å². The molecule has 0 radical (unpaired) electrons. The molecule has 0 saturated heterocycles. The molecule has 2 amide bonds. The average molecular weight is 421 g/mol. The van der Waals surface area contributed by atoms with E-state index in [1.165, 1.54) is 37.4 Å². The minimum atomic E-state index is -4.50. The zero-order valence-electron chi connectivity index (χ0n) is 15.1. The second-order valence-corrected chi connectivity index (χ2v) is 6.08. The highest BCUT2D eigenvalue weighted by Gasteiger charge is 2.31. The second-order valence-electron chi connectivity index (χ2n) is 6.08. The number of hydrogen-bond donors (Lipinski definition) is 2. The van der Waals surface area contributed by atoms with E-state index in [-0.39, 0.29) is 18.0 Å². The number of amides is 2. The molecule has 158 valence electrons. The topological polar surface area (TPSA) is 63.2 Å². The number of benzene rings is 1. The van der Waals surface area contributed by atoms with Crippen molar-refractivity contribution in [2.24, 2.45) is 0 Å². The normalized spacial score (nSPS) is 12.9. The van der Waals surface area contributed by atoms with Crippen LogP contribution in [0.5, 0.6) is 5.88 Å². The number of alkyl halides is 6. The Bertz CT molecular complexity index is 839. The van der Waals surface area contributed by atoms with E-state index >= 15 is 0 Å². The molecule has 1 heterocycles. The first-order chi connectivity index (χ1) is 13.4. The highest BCUT2D eigenvalue weighted by molar-refractivity contribution is 5.74. The molecule has 29 heavy (non-hydrogen) atoms. The molecule has 11 heteroatoms. The maximum Gasteiger partial charge on any atom is 0.422 e. The van der Waals surface area contributed by atoms with E-state index in [9.17, 15) is 31.1 Å². The van der Waals surface area contributed by atoms with Gasteiger partial charge in [-0.3, -0.25) is 0 Å². The predicted octanol–water partition coefficient (Wildman–Crippen LogP) is 4.60. The SMILES string of the molecule is CC(NC(=O)NCc1ccnc(OCC(F)(F)F)c1)c1cccc(C(F)(F)F)c1. The smallest absolute Gasteiger partial charge is 0.422 e. The van der Waals surface area contributed by atoms with Crippen LogP contribution in [-0.2, 0) is 12.7 Å². The van der Waals surface area contributed by atoms with Crippen LogP contribution in [-0.4, -0.2) is 23.8 Å². The molecular weight excluding hydrogens is 404 g/mol. The van der Waals surface area contributed by atoms with Gasteiger partial charge in [-0.15, -0.1) is 0 Å². The third-order valence-corrected chi connectivity index (χ3v) is 3.70. The lowest BCUT2D eigenvalue weighted by molar-refractivity contribution is -0.154. The van der Waals surface area contributed by atoms with E-state index in [0.717, 1.165) is 12.1 Å². The Morgan fingerprint density at radius 2 is 1.86 bits per heavy atom. The molecule has 2 rings (SSSR count). The van der Waals surface area contributed by atoms with Crippen molar-refractivity contribution in [3.8, 4) is 5.88 Å². The minimum Gasteiger partial charge on any atom is -0.468 e.